The van der Waals surface area contributed by atoms with Gasteiger partial charge in [0.2, 0.25) is 0 Å². The van der Waals surface area contributed by atoms with Crippen molar-refractivity contribution in [2.45, 2.75) is 19.8 Å². The highest BCUT2D eigenvalue weighted by Gasteiger charge is 2.09. The van der Waals surface area contributed by atoms with Gasteiger partial charge in [-0.3, -0.25) is 4.79 Å². The summed E-state index contributed by atoms with van der Waals surface area (Å²) in [5, 5.41) is 6.11. The average Bonchev–Trinajstić information content (AvgIpc) is 2.39. The zero-order valence-electron chi connectivity index (χ0n) is 11.2. The quantitative estimate of drug-likeness (QED) is 0.696. The van der Waals surface area contributed by atoms with E-state index in [0.29, 0.717) is 12.1 Å². The Labute approximate surface area is 109 Å². The maximum Gasteiger partial charge on any atom is 0.253 e. The molecule has 0 saturated heterocycles. The number of carbonyl (C=O) groups excluding carboxylic acids is 1. The predicted octanol–water partition coefficient (Wildman–Crippen LogP) is 2.27. The molecule has 100 valence electrons. The van der Waals surface area contributed by atoms with E-state index < -0.39 is 0 Å². The SMILES string of the molecule is CCNc1ccccc1C(=O)NCCCCOC. The number of amides is 1. The van der Waals surface area contributed by atoms with Crippen LogP contribution in [0.2, 0.25) is 0 Å². The first-order chi connectivity index (χ1) is 8.79. The Hall–Kier alpha value is -1.55. The van der Waals surface area contributed by atoms with Gasteiger partial charge in [-0.1, -0.05) is 12.1 Å². The third kappa shape index (κ3) is 4.75. The molecule has 1 amide bonds. The van der Waals surface area contributed by atoms with E-state index in [1.807, 2.05) is 31.2 Å². The normalized spacial score (nSPS) is 10.1. The molecule has 1 rings (SSSR count). The minimum Gasteiger partial charge on any atom is -0.385 e. The first kappa shape index (κ1) is 14.5. The van der Waals surface area contributed by atoms with Crippen molar-refractivity contribution in [3.63, 3.8) is 0 Å². The standard InChI is InChI=1S/C14H22N2O2/c1-3-15-13-9-5-4-8-12(13)14(17)16-10-6-7-11-18-2/h4-5,8-9,15H,3,6-7,10-11H2,1-2H3,(H,16,17). The Morgan fingerprint density at radius 1 is 1.28 bits per heavy atom. The summed E-state index contributed by atoms with van der Waals surface area (Å²) in [5.74, 6) is -0.0241. The number of unbranched alkanes of at least 4 members (excludes halogenated alkanes) is 1. The van der Waals surface area contributed by atoms with Crippen LogP contribution in [-0.4, -0.2) is 32.7 Å². The van der Waals surface area contributed by atoms with Gasteiger partial charge >= 0.3 is 0 Å². The fourth-order valence-electron chi connectivity index (χ4n) is 1.69. The molecule has 0 aromatic heterocycles. The summed E-state index contributed by atoms with van der Waals surface area (Å²) in [6, 6.07) is 7.56. The maximum absolute atomic E-state index is 12.0. The summed E-state index contributed by atoms with van der Waals surface area (Å²) in [6.45, 7) is 4.24. The molecule has 4 heteroatoms. The first-order valence-corrected chi connectivity index (χ1v) is 6.39. The number of ether oxygens (including phenoxy) is 1. The van der Waals surface area contributed by atoms with Gasteiger partial charge in [-0.25, -0.2) is 0 Å². The van der Waals surface area contributed by atoms with Crippen molar-refractivity contribution in [1.82, 2.24) is 5.32 Å². The molecule has 0 atom stereocenters. The second-order valence-electron chi connectivity index (χ2n) is 4.03. The lowest BCUT2D eigenvalue weighted by Crippen LogP contribution is -2.25. The number of carbonyl (C=O) groups is 1. The minimum absolute atomic E-state index is 0.0241. The number of para-hydroxylation sites is 1. The van der Waals surface area contributed by atoms with Gasteiger partial charge in [-0.15, -0.1) is 0 Å². The molecule has 4 nitrogen and oxygen atoms in total. The molecule has 0 spiro atoms. The summed E-state index contributed by atoms with van der Waals surface area (Å²) in [6.07, 6.45) is 1.90. The number of rotatable bonds is 8. The van der Waals surface area contributed by atoms with Crippen LogP contribution < -0.4 is 10.6 Å². The molecular weight excluding hydrogens is 228 g/mol. The van der Waals surface area contributed by atoms with Crippen LogP contribution >= 0.6 is 0 Å². The number of hydrogen-bond donors (Lipinski definition) is 2. The molecule has 0 fully saturated rings. The maximum atomic E-state index is 12.0. The van der Waals surface area contributed by atoms with E-state index in [2.05, 4.69) is 10.6 Å². The Bertz CT molecular complexity index is 367. The van der Waals surface area contributed by atoms with Crippen LogP contribution in [0.5, 0.6) is 0 Å². The van der Waals surface area contributed by atoms with Crippen LogP contribution in [0.25, 0.3) is 0 Å². The summed E-state index contributed by atoms with van der Waals surface area (Å²) in [7, 11) is 1.69. The molecule has 2 N–H and O–H groups in total. The molecule has 0 unspecified atom stereocenters. The van der Waals surface area contributed by atoms with E-state index in [9.17, 15) is 4.79 Å². The smallest absolute Gasteiger partial charge is 0.253 e. The van der Waals surface area contributed by atoms with Crippen molar-refractivity contribution < 1.29 is 9.53 Å². The van der Waals surface area contributed by atoms with Crippen molar-refractivity contribution in [3.05, 3.63) is 29.8 Å². The lowest BCUT2D eigenvalue weighted by Gasteiger charge is -2.10. The molecule has 1 aromatic carbocycles. The zero-order valence-corrected chi connectivity index (χ0v) is 11.2. The Morgan fingerprint density at radius 2 is 2.06 bits per heavy atom. The third-order valence-corrected chi connectivity index (χ3v) is 2.60. The Kier molecular flexibility index (Phi) is 6.87. The molecule has 0 aliphatic heterocycles. The Balaban J connectivity index is 2.45. The van der Waals surface area contributed by atoms with E-state index in [0.717, 1.165) is 31.7 Å². The van der Waals surface area contributed by atoms with Gasteiger partial charge in [0.1, 0.15) is 0 Å². The van der Waals surface area contributed by atoms with Gasteiger partial charge in [0, 0.05) is 32.5 Å². The van der Waals surface area contributed by atoms with Crippen LogP contribution in [0.1, 0.15) is 30.1 Å². The minimum atomic E-state index is -0.0241. The molecule has 0 radical (unpaired) electrons. The topological polar surface area (TPSA) is 50.4 Å². The number of methoxy groups -OCH3 is 1. The lowest BCUT2D eigenvalue weighted by molar-refractivity contribution is 0.0952. The highest BCUT2D eigenvalue weighted by molar-refractivity contribution is 5.99. The highest BCUT2D eigenvalue weighted by atomic mass is 16.5. The molecule has 0 aliphatic carbocycles. The second-order valence-corrected chi connectivity index (χ2v) is 4.03. The van der Waals surface area contributed by atoms with E-state index in [1.165, 1.54) is 0 Å². The van der Waals surface area contributed by atoms with Crippen LogP contribution in [0.3, 0.4) is 0 Å². The average molecular weight is 250 g/mol. The van der Waals surface area contributed by atoms with Crippen LogP contribution in [0, 0.1) is 0 Å². The van der Waals surface area contributed by atoms with Crippen LogP contribution in [0.4, 0.5) is 5.69 Å². The van der Waals surface area contributed by atoms with Crippen molar-refractivity contribution in [1.29, 1.82) is 0 Å². The van der Waals surface area contributed by atoms with Crippen LogP contribution in [-0.2, 0) is 4.74 Å². The van der Waals surface area contributed by atoms with Gasteiger partial charge in [0.05, 0.1) is 5.56 Å². The summed E-state index contributed by atoms with van der Waals surface area (Å²) < 4.78 is 4.96. The number of anilines is 1. The van der Waals surface area contributed by atoms with Crippen LogP contribution in [0.15, 0.2) is 24.3 Å². The molecule has 0 bridgehead atoms. The fraction of sp³-hybridized carbons (Fsp3) is 0.500. The van der Waals surface area contributed by atoms with Gasteiger partial charge < -0.3 is 15.4 Å². The third-order valence-electron chi connectivity index (χ3n) is 2.60. The first-order valence-electron chi connectivity index (χ1n) is 6.39. The van der Waals surface area contributed by atoms with Crippen molar-refractivity contribution in [3.8, 4) is 0 Å². The summed E-state index contributed by atoms with van der Waals surface area (Å²) >= 11 is 0. The lowest BCUT2D eigenvalue weighted by atomic mass is 10.1. The van der Waals surface area contributed by atoms with Gasteiger partial charge in [0.25, 0.3) is 5.91 Å². The van der Waals surface area contributed by atoms with E-state index in [1.54, 1.807) is 7.11 Å². The van der Waals surface area contributed by atoms with Gasteiger partial charge in [-0.2, -0.15) is 0 Å². The van der Waals surface area contributed by atoms with Gasteiger partial charge in [0.15, 0.2) is 0 Å². The Morgan fingerprint density at radius 3 is 2.78 bits per heavy atom. The zero-order chi connectivity index (χ0) is 13.2. The molecule has 0 saturated carbocycles. The van der Waals surface area contributed by atoms with E-state index in [4.69, 9.17) is 4.74 Å². The number of benzene rings is 1. The molecule has 1 aromatic rings. The predicted molar refractivity (Wildman–Crippen MR) is 74.0 cm³/mol. The number of nitrogens with one attached hydrogen (secondary N) is 2. The van der Waals surface area contributed by atoms with Crippen molar-refractivity contribution >= 4 is 11.6 Å². The molecule has 18 heavy (non-hydrogen) atoms. The second kappa shape index (κ2) is 8.53. The fourth-order valence-corrected chi connectivity index (χ4v) is 1.69. The largest absolute Gasteiger partial charge is 0.385 e. The van der Waals surface area contributed by atoms with Crippen molar-refractivity contribution in [2.75, 3.05) is 32.1 Å². The van der Waals surface area contributed by atoms with Crippen molar-refractivity contribution in [2.24, 2.45) is 0 Å². The number of hydrogen-bond acceptors (Lipinski definition) is 3. The monoisotopic (exact) mass is 250 g/mol. The highest BCUT2D eigenvalue weighted by Crippen LogP contribution is 2.14. The molecule has 0 aliphatic rings. The molecular formula is C14H22N2O2. The van der Waals surface area contributed by atoms with E-state index in [-0.39, 0.29) is 5.91 Å². The summed E-state index contributed by atoms with van der Waals surface area (Å²) in [5.41, 5.74) is 1.58. The van der Waals surface area contributed by atoms with E-state index >= 15 is 0 Å². The van der Waals surface area contributed by atoms with Gasteiger partial charge in [-0.05, 0) is 31.9 Å². The molecule has 0 heterocycles. The summed E-state index contributed by atoms with van der Waals surface area (Å²) in [4.78, 5) is 12.0.